The summed E-state index contributed by atoms with van der Waals surface area (Å²) in [4.78, 5) is -0.117. The molecule has 10 heteroatoms. The number of benzene rings is 1. The van der Waals surface area contributed by atoms with Gasteiger partial charge in [0.1, 0.15) is 5.75 Å². The zero-order valence-corrected chi connectivity index (χ0v) is 14.8. The summed E-state index contributed by atoms with van der Waals surface area (Å²) in [5, 5.41) is 3.66. The van der Waals surface area contributed by atoms with Crippen LogP contribution in [-0.4, -0.2) is 39.3 Å². The van der Waals surface area contributed by atoms with Gasteiger partial charge in [0.2, 0.25) is 10.0 Å². The first-order valence-electron chi connectivity index (χ1n) is 7.08. The van der Waals surface area contributed by atoms with E-state index in [1.807, 2.05) is 10.8 Å². The maximum Gasteiger partial charge on any atom is 0.573 e. The van der Waals surface area contributed by atoms with Crippen molar-refractivity contribution >= 4 is 21.4 Å². The van der Waals surface area contributed by atoms with Crippen LogP contribution in [0.4, 0.5) is 13.2 Å². The minimum absolute atomic E-state index is 0.117. The Labute approximate surface area is 147 Å². The van der Waals surface area contributed by atoms with E-state index in [-0.39, 0.29) is 24.6 Å². The molecule has 2 rings (SSSR count). The lowest BCUT2D eigenvalue weighted by Crippen LogP contribution is -2.33. The summed E-state index contributed by atoms with van der Waals surface area (Å²) in [7, 11) is -2.43. The zero-order chi connectivity index (χ0) is 18.5. The fourth-order valence-corrected chi connectivity index (χ4v) is 4.10. The number of thiophene rings is 1. The molecule has 0 unspecified atom stereocenters. The van der Waals surface area contributed by atoms with Crippen LogP contribution in [0.3, 0.4) is 0 Å². The van der Waals surface area contributed by atoms with Gasteiger partial charge >= 0.3 is 6.36 Å². The highest BCUT2D eigenvalue weighted by Gasteiger charge is 2.31. The maximum atomic E-state index is 12.8. The number of halogens is 3. The third kappa shape index (κ3) is 5.70. The van der Waals surface area contributed by atoms with Gasteiger partial charge in [0.25, 0.3) is 0 Å². The Hall–Kier alpha value is -1.62. The van der Waals surface area contributed by atoms with Gasteiger partial charge in [-0.1, -0.05) is 0 Å². The van der Waals surface area contributed by atoms with Crippen LogP contribution >= 0.6 is 11.3 Å². The number of hydrogen-bond donors (Lipinski definition) is 0. The molecule has 138 valence electrons. The van der Waals surface area contributed by atoms with Crippen LogP contribution < -0.4 is 4.74 Å². The summed E-state index contributed by atoms with van der Waals surface area (Å²) in [6.07, 6.45) is -4.83. The molecule has 0 saturated carbocycles. The summed E-state index contributed by atoms with van der Waals surface area (Å²) < 4.78 is 72.0. The summed E-state index contributed by atoms with van der Waals surface area (Å²) in [5.74, 6) is -0.479. The van der Waals surface area contributed by atoms with Crippen LogP contribution in [-0.2, 0) is 21.3 Å². The van der Waals surface area contributed by atoms with Crippen molar-refractivity contribution < 1.29 is 31.1 Å². The molecular weight excluding hydrogens is 379 g/mol. The lowest BCUT2D eigenvalue weighted by molar-refractivity contribution is -0.274. The van der Waals surface area contributed by atoms with Crippen LogP contribution in [0.2, 0.25) is 0 Å². The fourth-order valence-electron chi connectivity index (χ4n) is 2.03. The normalized spacial score (nSPS) is 12.5. The molecule has 25 heavy (non-hydrogen) atoms. The lowest BCUT2D eigenvalue weighted by atomic mass is 10.3. The molecule has 0 N–H and O–H groups in total. The molecule has 2 aromatic rings. The molecule has 1 aromatic heterocycles. The number of alkyl halides is 3. The van der Waals surface area contributed by atoms with E-state index in [4.69, 9.17) is 4.74 Å². The predicted molar refractivity (Wildman–Crippen MR) is 86.9 cm³/mol. The highest BCUT2D eigenvalue weighted by molar-refractivity contribution is 7.89. The first kappa shape index (κ1) is 19.7. The van der Waals surface area contributed by atoms with E-state index in [9.17, 15) is 21.6 Å². The van der Waals surface area contributed by atoms with Gasteiger partial charge in [-0.25, -0.2) is 8.42 Å². The molecule has 1 heterocycles. The van der Waals surface area contributed by atoms with Crippen molar-refractivity contribution in [2.45, 2.75) is 17.8 Å². The van der Waals surface area contributed by atoms with E-state index < -0.39 is 22.1 Å². The fraction of sp³-hybridized carbons (Fsp3) is 0.333. The minimum atomic E-state index is -4.83. The number of ether oxygens (including phenoxy) is 2. The third-order valence-electron chi connectivity index (χ3n) is 3.18. The molecule has 0 aliphatic heterocycles. The van der Waals surface area contributed by atoms with E-state index >= 15 is 0 Å². The SMILES string of the molecule is COCCN(Cc1ccsc1)S(=O)(=O)c1ccc(OC(F)(F)F)cc1. The third-order valence-corrected chi connectivity index (χ3v) is 5.77. The Morgan fingerprint density at radius 1 is 1.16 bits per heavy atom. The smallest absolute Gasteiger partial charge is 0.406 e. The van der Waals surface area contributed by atoms with Gasteiger partial charge in [0.05, 0.1) is 11.5 Å². The van der Waals surface area contributed by atoms with E-state index in [0.717, 1.165) is 29.8 Å². The van der Waals surface area contributed by atoms with Crippen molar-refractivity contribution in [1.82, 2.24) is 4.31 Å². The minimum Gasteiger partial charge on any atom is -0.406 e. The standard InChI is InChI=1S/C15H16F3NO4S2/c1-22-8-7-19(10-12-6-9-24-11-12)25(20,21)14-4-2-13(3-5-14)23-15(16,17)18/h2-6,9,11H,7-8,10H2,1H3. The van der Waals surface area contributed by atoms with Crippen LogP contribution in [0, 0.1) is 0 Å². The van der Waals surface area contributed by atoms with E-state index in [1.165, 1.54) is 22.8 Å². The van der Waals surface area contributed by atoms with Gasteiger partial charge in [0, 0.05) is 20.2 Å². The van der Waals surface area contributed by atoms with Crippen molar-refractivity contribution in [2.75, 3.05) is 20.3 Å². The molecule has 5 nitrogen and oxygen atoms in total. The number of rotatable bonds is 8. The molecule has 0 radical (unpaired) electrons. The van der Waals surface area contributed by atoms with E-state index in [0.29, 0.717) is 0 Å². The van der Waals surface area contributed by atoms with Crippen molar-refractivity contribution in [3.63, 3.8) is 0 Å². The van der Waals surface area contributed by atoms with Gasteiger partial charge in [-0.15, -0.1) is 13.2 Å². The largest absolute Gasteiger partial charge is 0.573 e. The highest BCUT2D eigenvalue weighted by Crippen LogP contribution is 2.25. The number of hydrogen-bond acceptors (Lipinski definition) is 5. The van der Waals surface area contributed by atoms with Gasteiger partial charge in [0.15, 0.2) is 0 Å². The van der Waals surface area contributed by atoms with Crippen LogP contribution in [0.25, 0.3) is 0 Å². The number of sulfonamides is 1. The average molecular weight is 395 g/mol. The summed E-state index contributed by atoms with van der Waals surface area (Å²) in [5.41, 5.74) is 0.821. The lowest BCUT2D eigenvalue weighted by Gasteiger charge is -2.21. The van der Waals surface area contributed by atoms with E-state index in [1.54, 1.807) is 6.07 Å². The van der Waals surface area contributed by atoms with E-state index in [2.05, 4.69) is 4.74 Å². The van der Waals surface area contributed by atoms with Crippen molar-refractivity contribution in [3.8, 4) is 5.75 Å². The second-order valence-electron chi connectivity index (χ2n) is 4.98. The highest BCUT2D eigenvalue weighted by atomic mass is 32.2. The van der Waals surface area contributed by atoms with Gasteiger partial charge in [-0.05, 0) is 46.7 Å². The van der Waals surface area contributed by atoms with Crippen LogP contribution in [0.15, 0.2) is 46.0 Å². The zero-order valence-electron chi connectivity index (χ0n) is 13.2. The first-order chi connectivity index (χ1) is 11.7. The Kier molecular flexibility index (Phi) is 6.44. The van der Waals surface area contributed by atoms with Gasteiger partial charge in [-0.3, -0.25) is 0 Å². The van der Waals surface area contributed by atoms with Crippen LogP contribution in [0.1, 0.15) is 5.56 Å². The Balaban J connectivity index is 2.22. The molecule has 0 bridgehead atoms. The monoisotopic (exact) mass is 395 g/mol. The number of methoxy groups -OCH3 is 1. The summed E-state index contributed by atoms with van der Waals surface area (Å²) in [6.45, 7) is 0.462. The quantitative estimate of drug-likeness (QED) is 0.687. The Morgan fingerprint density at radius 3 is 2.36 bits per heavy atom. The average Bonchev–Trinajstić information content (AvgIpc) is 3.03. The number of nitrogens with zero attached hydrogens (tertiary/aromatic N) is 1. The molecule has 0 fully saturated rings. The maximum absolute atomic E-state index is 12.8. The molecule has 0 aliphatic rings. The van der Waals surface area contributed by atoms with Crippen LogP contribution in [0.5, 0.6) is 5.75 Å². The summed E-state index contributed by atoms with van der Waals surface area (Å²) in [6, 6.07) is 5.92. The Morgan fingerprint density at radius 2 is 1.84 bits per heavy atom. The molecule has 1 aromatic carbocycles. The molecule has 0 amide bonds. The molecule has 0 aliphatic carbocycles. The molecule has 0 spiro atoms. The predicted octanol–water partition coefficient (Wildman–Crippen LogP) is 3.48. The molecular formula is C15H16F3NO4S2. The second-order valence-corrected chi connectivity index (χ2v) is 7.70. The summed E-state index contributed by atoms with van der Waals surface area (Å²) >= 11 is 1.44. The van der Waals surface area contributed by atoms with Gasteiger partial charge < -0.3 is 9.47 Å². The van der Waals surface area contributed by atoms with Crippen molar-refractivity contribution in [1.29, 1.82) is 0 Å². The molecule has 0 saturated heterocycles. The second kappa shape index (κ2) is 8.17. The topological polar surface area (TPSA) is 55.8 Å². The van der Waals surface area contributed by atoms with Crippen molar-refractivity contribution in [3.05, 3.63) is 46.7 Å². The van der Waals surface area contributed by atoms with Crippen molar-refractivity contribution in [2.24, 2.45) is 0 Å². The van der Waals surface area contributed by atoms with Gasteiger partial charge in [-0.2, -0.15) is 15.6 Å². The Bertz CT molecular complexity index is 759. The first-order valence-corrected chi connectivity index (χ1v) is 9.46. The molecule has 0 atom stereocenters.